The molecule has 8 heteroatoms. The van der Waals surface area contributed by atoms with E-state index in [1.165, 1.54) is 0 Å². The number of guanidine groups is 1. The molecule has 0 aliphatic carbocycles. The van der Waals surface area contributed by atoms with E-state index in [0.717, 1.165) is 37.7 Å². The van der Waals surface area contributed by atoms with Crippen molar-refractivity contribution in [2.75, 3.05) is 26.8 Å². The molecule has 0 spiro atoms. The number of halogens is 1. The van der Waals surface area contributed by atoms with Gasteiger partial charge in [-0.2, -0.15) is 0 Å². The number of ether oxygens (including phenoxy) is 1. The molecule has 2 N–H and O–H groups in total. The van der Waals surface area contributed by atoms with E-state index in [0.29, 0.717) is 19.2 Å². The molecule has 0 aliphatic heterocycles. The number of methoxy groups -OCH3 is 1. The van der Waals surface area contributed by atoms with Crippen molar-refractivity contribution in [1.29, 1.82) is 0 Å². The molecule has 0 aliphatic rings. The fraction of sp³-hybridized carbons (Fsp3) is 0.786. The van der Waals surface area contributed by atoms with Gasteiger partial charge in [0, 0.05) is 32.7 Å². The molecule has 1 aromatic heterocycles. The van der Waals surface area contributed by atoms with E-state index in [1.807, 2.05) is 0 Å². The average molecular weight is 424 g/mol. The maximum atomic E-state index is 5.03. The van der Waals surface area contributed by atoms with Crippen LogP contribution in [0.3, 0.4) is 0 Å². The zero-order valence-corrected chi connectivity index (χ0v) is 16.3. The Hall–Kier alpha value is -0.900. The molecule has 1 atom stereocenters. The summed E-state index contributed by atoms with van der Waals surface area (Å²) in [6.45, 7) is 9.24. The molecule has 1 aromatic rings. The average Bonchev–Trinajstić information content (AvgIpc) is 2.94. The Balaban J connectivity index is 0.00000441. The lowest BCUT2D eigenvalue weighted by molar-refractivity contribution is 0.208. The summed E-state index contributed by atoms with van der Waals surface area (Å²) in [6.07, 6.45) is 3.71. The predicted octanol–water partition coefficient (Wildman–Crippen LogP) is 1.44. The summed E-state index contributed by atoms with van der Waals surface area (Å²) >= 11 is 0. The highest BCUT2D eigenvalue weighted by molar-refractivity contribution is 14.0. The van der Waals surface area contributed by atoms with E-state index in [2.05, 4.69) is 51.2 Å². The van der Waals surface area contributed by atoms with Crippen molar-refractivity contribution >= 4 is 29.9 Å². The van der Waals surface area contributed by atoms with Crippen molar-refractivity contribution in [2.24, 2.45) is 4.99 Å². The Morgan fingerprint density at radius 1 is 1.45 bits per heavy atom. The summed E-state index contributed by atoms with van der Waals surface area (Å²) < 4.78 is 7.09. The first kappa shape index (κ1) is 21.1. The number of hydrogen-bond donors (Lipinski definition) is 2. The van der Waals surface area contributed by atoms with Crippen LogP contribution in [0.25, 0.3) is 0 Å². The van der Waals surface area contributed by atoms with Crippen molar-refractivity contribution in [2.45, 2.75) is 46.2 Å². The summed E-state index contributed by atoms with van der Waals surface area (Å²) in [5.41, 5.74) is 0. The Labute approximate surface area is 150 Å². The second-order valence-electron chi connectivity index (χ2n) is 4.90. The molecular formula is C14H29IN6O. The van der Waals surface area contributed by atoms with E-state index in [4.69, 9.17) is 4.74 Å². The highest BCUT2D eigenvalue weighted by Gasteiger charge is 2.04. The molecular weight excluding hydrogens is 395 g/mol. The van der Waals surface area contributed by atoms with Crippen molar-refractivity contribution < 1.29 is 4.74 Å². The zero-order valence-electron chi connectivity index (χ0n) is 14.0. The van der Waals surface area contributed by atoms with Crippen LogP contribution in [0.2, 0.25) is 0 Å². The van der Waals surface area contributed by atoms with Gasteiger partial charge in [0.15, 0.2) is 5.96 Å². The van der Waals surface area contributed by atoms with Crippen LogP contribution < -0.4 is 10.6 Å². The highest BCUT2D eigenvalue weighted by Crippen LogP contribution is 1.95. The molecule has 0 amide bonds. The van der Waals surface area contributed by atoms with E-state index >= 15 is 0 Å². The number of aliphatic imine (C=N–C) groups is 1. The van der Waals surface area contributed by atoms with Gasteiger partial charge in [0.05, 0.1) is 13.2 Å². The minimum atomic E-state index is 0. The molecule has 0 aromatic carbocycles. The van der Waals surface area contributed by atoms with Gasteiger partial charge in [0.25, 0.3) is 0 Å². The Kier molecular flexibility index (Phi) is 12.1. The predicted molar refractivity (Wildman–Crippen MR) is 99.9 cm³/mol. The van der Waals surface area contributed by atoms with E-state index in [1.54, 1.807) is 13.4 Å². The maximum Gasteiger partial charge on any atom is 0.191 e. The fourth-order valence-electron chi connectivity index (χ4n) is 1.77. The lowest BCUT2D eigenvalue weighted by atomic mass is 10.3. The molecule has 0 saturated carbocycles. The SMILES string of the molecule is CCc1nncn1CCNC(=NCCOC)NC(C)CC.I. The first-order valence-corrected chi connectivity index (χ1v) is 7.61. The molecule has 7 nitrogen and oxygen atoms in total. The molecule has 0 radical (unpaired) electrons. The molecule has 0 fully saturated rings. The van der Waals surface area contributed by atoms with Crippen LogP contribution in [0.15, 0.2) is 11.3 Å². The number of aryl methyl sites for hydroxylation is 1. The number of rotatable bonds is 9. The Morgan fingerprint density at radius 2 is 2.23 bits per heavy atom. The van der Waals surface area contributed by atoms with Gasteiger partial charge in [-0.05, 0) is 13.3 Å². The first-order chi connectivity index (χ1) is 10.2. The van der Waals surface area contributed by atoms with Gasteiger partial charge in [-0.1, -0.05) is 13.8 Å². The molecule has 1 rings (SSSR count). The Bertz CT molecular complexity index is 423. The van der Waals surface area contributed by atoms with Gasteiger partial charge in [-0.3, -0.25) is 4.99 Å². The summed E-state index contributed by atoms with van der Waals surface area (Å²) in [7, 11) is 1.68. The molecule has 1 heterocycles. The third-order valence-corrected chi connectivity index (χ3v) is 3.22. The van der Waals surface area contributed by atoms with Gasteiger partial charge < -0.3 is 19.9 Å². The molecule has 1 unspecified atom stereocenters. The maximum absolute atomic E-state index is 5.03. The molecule has 0 bridgehead atoms. The van der Waals surface area contributed by atoms with Crippen LogP contribution >= 0.6 is 24.0 Å². The van der Waals surface area contributed by atoms with Crippen LogP contribution in [0.5, 0.6) is 0 Å². The lowest BCUT2D eigenvalue weighted by Gasteiger charge is -2.17. The first-order valence-electron chi connectivity index (χ1n) is 7.61. The Morgan fingerprint density at radius 3 is 2.86 bits per heavy atom. The van der Waals surface area contributed by atoms with Gasteiger partial charge in [0.2, 0.25) is 0 Å². The van der Waals surface area contributed by atoms with E-state index in [-0.39, 0.29) is 24.0 Å². The van der Waals surface area contributed by atoms with Crippen LogP contribution in [-0.2, 0) is 17.7 Å². The van der Waals surface area contributed by atoms with Crippen LogP contribution in [0.1, 0.15) is 33.0 Å². The standard InChI is InChI=1S/C14H28N6O.HI/c1-5-12(3)18-14(16-8-10-21-4)15-7-9-20-11-17-19-13(20)6-2;/h11-12H,5-10H2,1-4H3,(H2,15,16,18);1H. The largest absolute Gasteiger partial charge is 0.383 e. The van der Waals surface area contributed by atoms with Gasteiger partial charge >= 0.3 is 0 Å². The quantitative estimate of drug-likeness (QED) is 0.272. The van der Waals surface area contributed by atoms with Gasteiger partial charge in [-0.25, -0.2) is 0 Å². The zero-order chi connectivity index (χ0) is 15.5. The van der Waals surface area contributed by atoms with E-state index < -0.39 is 0 Å². The number of hydrogen-bond acceptors (Lipinski definition) is 4. The van der Waals surface area contributed by atoms with Gasteiger partial charge in [0.1, 0.15) is 12.2 Å². The smallest absolute Gasteiger partial charge is 0.191 e. The minimum absolute atomic E-state index is 0. The summed E-state index contributed by atoms with van der Waals surface area (Å²) in [5.74, 6) is 1.83. The van der Waals surface area contributed by atoms with Gasteiger partial charge in [-0.15, -0.1) is 34.2 Å². The highest BCUT2D eigenvalue weighted by atomic mass is 127. The number of nitrogens with zero attached hydrogens (tertiary/aromatic N) is 4. The summed E-state index contributed by atoms with van der Waals surface area (Å²) in [5, 5.41) is 14.7. The topological polar surface area (TPSA) is 76.4 Å². The third-order valence-electron chi connectivity index (χ3n) is 3.22. The molecule has 0 saturated heterocycles. The number of nitrogens with one attached hydrogen (secondary N) is 2. The molecule has 128 valence electrons. The van der Waals surface area contributed by atoms with Crippen LogP contribution in [0, 0.1) is 0 Å². The number of aromatic nitrogens is 3. The summed E-state index contributed by atoms with van der Waals surface area (Å²) in [6, 6.07) is 0.389. The third kappa shape index (κ3) is 7.92. The van der Waals surface area contributed by atoms with Crippen molar-refractivity contribution in [3.8, 4) is 0 Å². The second-order valence-corrected chi connectivity index (χ2v) is 4.90. The van der Waals surface area contributed by atoms with Crippen molar-refractivity contribution in [1.82, 2.24) is 25.4 Å². The van der Waals surface area contributed by atoms with Crippen molar-refractivity contribution in [3.63, 3.8) is 0 Å². The molecule has 22 heavy (non-hydrogen) atoms. The van der Waals surface area contributed by atoms with Crippen LogP contribution in [-0.4, -0.2) is 53.6 Å². The normalized spacial score (nSPS) is 12.6. The van der Waals surface area contributed by atoms with Crippen molar-refractivity contribution in [3.05, 3.63) is 12.2 Å². The minimum Gasteiger partial charge on any atom is -0.383 e. The lowest BCUT2D eigenvalue weighted by Crippen LogP contribution is -2.43. The van der Waals surface area contributed by atoms with Crippen LogP contribution in [0.4, 0.5) is 0 Å². The second kappa shape index (κ2) is 12.6. The summed E-state index contributed by atoms with van der Waals surface area (Å²) in [4.78, 5) is 4.49. The van der Waals surface area contributed by atoms with E-state index in [9.17, 15) is 0 Å². The fourth-order valence-corrected chi connectivity index (χ4v) is 1.77. The monoisotopic (exact) mass is 424 g/mol.